The number of hydrogen-bond donors (Lipinski definition) is 2. The normalized spacial score (nSPS) is 23.2. The monoisotopic (exact) mass is 266 g/mol. The van der Waals surface area contributed by atoms with Crippen LogP contribution in [0, 0.1) is 0 Å². The van der Waals surface area contributed by atoms with Gasteiger partial charge in [0, 0.05) is 19.2 Å². The zero-order chi connectivity index (χ0) is 12.2. The van der Waals surface area contributed by atoms with Crippen LogP contribution in [-0.2, 0) is 10.0 Å². The molecule has 1 saturated heterocycles. The van der Waals surface area contributed by atoms with E-state index in [1.54, 1.807) is 0 Å². The summed E-state index contributed by atoms with van der Waals surface area (Å²) in [6.07, 6.45) is 3.15. The molecule has 0 saturated carbocycles. The van der Waals surface area contributed by atoms with Crippen molar-refractivity contribution in [3.63, 3.8) is 0 Å². The van der Waals surface area contributed by atoms with Gasteiger partial charge in [0.15, 0.2) is 0 Å². The Hall–Kier alpha value is -0.240. The number of nitrogens with zero attached hydrogens (tertiary/aromatic N) is 1. The lowest BCUT2D eigenvalue weighted by atomic mass is 10.0. The maximum absolute atomic E-state index is 12.0. The number of hydrogen-bond acceptors (Lipinski definition) is 4. The number of thiocarbonyl (C=S) groups is 1. The van der Waals surface area contributed by atoms with Crippen molar-refractivity contribution in [3.8, 4) is 0 Å². The third-order valence-corrected chi connectivity index (χ3v) is 4.92. The molecule has 0 amide bonds. The molecule has 1 rings (SSSR count). The van der Waals surface area contributed by atoms with Crippen molar-refractivity contribution in [3.05, 3.63) is 0 Å². The van der Waals surface area contributed by atoms with Crippen LogP contribution in [0.2, 0.25) is 0 Å². The molecule has 0 aromatic heterocycles. The highest BCUT2D eigenvalue weighted by atomic mass is 32.2. The molecule has 1 aliphatic heterocycles. The fourth-order valence-corrected chi connectivity index (χ4v) is 4.08. The first-order chi connectivity index (χ1) is 7.47. The highest BCUT2D eigenvalue weighted by Gasteiger charge is 2.31. The molecule has 16 heavy (non-hydrogen) atoms. The van der Waals surface area contributed by atoms with Crippen molar-refractivity contribution in [1.29, 1.82) is 0 Å². The van der Waals surface area contributed by atoms with Gasteiger partial charge in [0.05, 0.1) is 4.99 Å². The first kappa shape index (κ1) is 13.8. The summed E-state index contributed by atoms with van der Waals surface area (Å²) in [7, 11) is -3.40. The quantitative estimate of drug-likeness (QED) is 0.676. The van der Waals surface area contributed by atoms with Crippen LogP contribution in [0.15, 0.2) is 0 Å². The molecule has 94 valence electrons. The van der Waals surface area contributed by atoms with E-state index in [0.29, 0.717) is 13.0 Å². The van der Waals surface area contributed by atoms with Gasteiger partial charge in [-0.2, -0.15) is 4.31 Å². The van der Waals surface area contributed by atoms with Crippen molar-refractivity contribution in [2.75, 3.05) is 18.9 Å². The summed E-state index contributed by atoms with van der Waals surface area (Å²) >= 11 is 4.64. The predicted molar refractivity (Wildman–Crippen MR) is 66.6 cm³/mol. The molecule has 0 aromatic rings. The average Bonchev–Trinajstić information content (AvgIpc) is 2.17. The van der Waals surface area contributed by atoms with Gasteiger partial charge in [-0.05, 0) is 19.3 Å². The summed E-state index contributed by atoms with van der Waals surface area (Å²) in [6.45, 7) is 0.513. The van der Waals surface area contributed by atoms with E-state index < -0.39 is 10.0 Å². The molecular formula is C9H18N2O3S2. The first-order valence-corrected chi connectivity index (χ1v) is 7.38. The molecule has 0 aromatic carbocycles. The zero-order valence-corrected chi connectivity index (χ0v) is 10.8. The third kappa shape index (κ3) is 3.65. The second kappa shape index (κ2) is 5.90. The molecular weight excluding hydrogens is 248 g/mol. The van der Waals surface area contributed by atoms with Gasteiger partial charge in [0.2, 0.25) is 10.0 Å². The minimum atomic E-state index is -3.40. The van der Waals surface area contributed by atoms with E-state index in [1.165, 1.54) is 4.31 Å². The Morgan fingerprint density at radius 1 is 1.50 bits per heavy atom. The van der Waals surface area contributed by atoms with Crippen molar-refractivity contribution < 1.29 is 13.5 Å². The number of aliphatic hydroxyl groups excluding tert-OH is 1. The van der Waals surface area contributed by atoms with Crippen molar-refractivity contribution >= 4 is 27.2 Å². The van der Waals surface area contributed by atoms with E-state index >= 15 is 0 Å². The van der Waals surface area contributed by atoms with Crippen LogP contribution in [-0.4, -0.2) is 47.8 Å². The fraction of sp³-hybridized carbons (Fsp3) is 0.889. The molecule has 1 heterocycles. The molecule has 0 spiro atoms. The first-order valence-electron chi connectivity index (χ1n) is 5.36. The van der Waals surface area contributed by atoms with E-state index in [4.69, 9.17) is 10.8 Å². The number of piperidine rings is 1. The summed E-state index contributed by atoms with van der Waals surface area (Å²) in [5.41, 5.74) is 5.28. The maximum Gasteiger partial charge on any atom is 0.220 e. The second-order valence-corrected chi connectivity index (χ2v) is 6.44. The number of sulfonamides is 1. The van der Waals surface area contributed by atoms with Gasteiger partial charge >= 0.3 is 0 Å². The van der Waals surface area contributed by atoms with Crippen molar-refractivity contribution in [2.45, 2.75) is 31.7 Å². The van der Waals surface area contributed by atoms with E-state index in [9.17, 15) is 8.42 Å². The molecule has 1 atom stereocenters. The molecule has 1 unspecified atom stereocenters. The predicted octanol–water partition coefficient (Wildman–Crippen LogP) is -0.161. The van der Waals surface area contributed by atoms with Crippen molar-refractivity contribution in [1.82, 2.24) is 4.31 Å². The Balaban J connectivity index is 2.77. The van der Waals surface area contributed by atoms with E-state index in [2.05, 4.69) is 12.2 Å². The second-order valence-electron chi connectivity index (χ2n) is 4.00. The Morgan fingerprint density at radius 2 is 2.19 bits per heavy atom. The molecule has 1 fully saturated rings. The number of nitrogens with two attached hydrogens (primary N) is 1. The molecule has 3 N–H and O–H groups in total. The summed E-state index contributed by atoms with van der Waals surface area (Å²) in [5.74, 6) is -0.274. The smallest absolute Gasteiger partial charge is 0.220 e. The minimum absolute atomic E-state index is 0.00373. The van der Waals surface area contributed by atoms with Crippen LogP contribution in [0.1, 0.15) is 25.7 Å². The Kier molecular flexibility index (Phi) is 5.10. The Labute approximate surface area is 102 Å². The summed E-state index contributed by atoms with van der Waals surface area (Å²) in [4.78, 5) is -0.00618. The minimum Gasteiger partial charge on any atom is -0.396 e. The Bertz CT molecular complexity index is 341. The largest absolute Gasteiger partial charge is 0.396 e. The lowest BCUT2D eigenvalue weighted by Gasteiger charge is -2.34. The van der Waals surface area contributed by atoms with Crippen LogP contribution in [0.4, 0.5) is 0 Å². The summed E-state index contributed by atoms with van der Waals surface area (Å²) < 4.78 is 25.4. The van der Waals surface area contributed by atoms with Crippen LogP contribution >= 0.6 is 12.2 Å². The lowest BCUT2D eigenvalue weighted by molar-refractivity contribution is 0.193. The third-order valence-electron chi connectivity index (χ3n) is 2.72. The molecule has 7 heteroatoms. The maximum atomic E-state index is 12.0. The average molecular weight is 266 g/mol. The topological polar surface area (TPSA) is 83.6 Å². The van der Waals surface area contributed by atoms with Gasteiger partial charge in [0.1, 0.15) is 5.75 Å². The molecule has 0 bridgehead atoms. The molecule has 1 aliphatic rings. The van der Waals surface area contributed by atoms with Crippen LogP contribution < -0.4 is 5.73 Å². The van der Waals surface area contributed by atoms with Gasteiger partial charge in [-0.15, -0.1) is 0 Å². The van der Waals surface area contributed by atoms with E-state index in [1.807, 2.05) is 0 Å². The summed E-state index contributed by atoms with van der Waals surface area (Å²) in [5, 5.41) is 8.91. The van der Waals surface area contributed by atoms with E-state index in [-0.39, 0.29) is 23.4 Å². The Morgan fingerprint density at radius 3 is 2.75 bits per heavy atom. The molecule has 0 aliphatic carbocycles. The number of rotatable bonds is 5. The van der Waals surface area contributed by atoms with Crippen LogP contribution in [0.25, 0.3) is 0 Å². The standard InChI is InChI=1S/C9H18N2O3S2/c10-9(15)7-16(13,14)11-5-2-1-3-8(11)4-6-12/h8,12H,1-7H2,(H2,10,15). The SMILES string of the molecule is NC(=S)CS(=O)(=O)N1CCCCC1CCO. The van der Waals surface area contributed by atoms with Crippen LogP contribution in [0.5, 0.6) is 0 Å². The highest BCUT2D eigenvalue weighted by molar-refractivity contribution is 7.92. The summed E-state index contributed by atoms with van der Waals surface area (Å²) in [6, 6.07) is -0.0990. The van der Waals surface area contributed by atoms with Gasteiger partial charge in [-0.3, -0.25) is 0 Å². The van der Waals surface area contributed by atoms with E-state index in [0.717, 1.165) is 19.3 Å². The highest BCUT2D eigenvalue weighted by Crippen LogP contribution is 2.22. The lowest BCUT2D eigenvalue weighted by Crippen LogP contribution is -2.46. The zero-order valence-electron chi connectivity index (χ0n) is 9.13. The fourth-order valence-electron chi connectivity index (χ4n) is 2.04. The van der Waals surface area contributed by atoms with Gasteiger partial charge in [-0.25, -0.2) is 8.42 Å². The van der Waals surface area contributed by atoms with Crippen LogP contribution in [0.3, 0.4) is 0 Å². The molecule has 5 nitrogen and oxygen atoms in total. The van der Waals surface area contributed by atoms with Gasteiger partial charge in [-0.1, -0.05) is 18.6 Å². The van der Waals surface area contributed by atoms with Crippen molar-refractivity contribution in [2.24, 2.45) is 5.73 Å². The van der Waals surface area contributed by atoms with Gasteiger partial charge < -0.3 is 10.8 Å². The van der Waals surface area contributed by atoms with Gasteiger partial charge in [0.25, 0.3) is 0 Å². The molecule has 0 radical (unpaired) electrons. The number of aliphatic hydroxyl groups is 1.